The molecular formula is C31H31NO6. The minimum atomic E-state index is -0.868. The van der Waals surface area contributed by atoms with E-state index in [0.717, 1.165) is 12.0 Å². The normalized spacial score (nSPS) is 16.5. The Balaban J connectivity index is 1.81. The van der Waals surface area contributed by atoms with Crippen LogP contribution in [0.3, 0.4) is 0 Å². The van der Waals surface area contributed by atoms with Gasteiger partial charge in [0.25, 0.3) is 11.7 Å². The SMILES string of the molecule is CCCOC(=O)c1ccc(N2C(=O)C(=O)/C(=C(/O)c3cccc(OCCC)c3)C2c2cccc(C)c2)cc1. The molecule has 1 fully saturated rings. The lowest BCUT2D eigenvalue weighted by atomic mass is 9.94. The summed E-state index contributed by atoms with van der Waals surface area (Å²) in [5.74, 6) is -1.74. The summed E-state index contributed by atoms with van der Waals surface area (Å²) in [4.78, 5) is 40.4. The average molecular weight is 514 g/mol. The molecule has 7 heteroatoms. The molecule has 1 heterocycles. The maximum Gasteiger partial charge on any atom is 0.338 e. The Labute approximate surface area is 222 Å². The summed E-state index contributed by atoms with van der Waals surface area (Å²) in [5.41, 5.74) is 2.75. The molecule has 1 amide bonds. The Morgan fingerprint density at radius 3 is 2.29 bits per heavy atom. The van der Waals surface area contributed by atoms with Gasteiger partial charge in [-0.2, -0.15) is 0 Å². The van der Waals surface area contributed by atoms with Crippen LogP contribution >= 0.6 is 0 Å². The van der Waals surface area contributed by atoms with Gasteiger partial charge in [0.1, 0.15) is 11.5 Å². The number of esters is 1. The van der Waals surface area contributed by atoms with Crippen molar-refractivity contribution in [2.24, 2.45) is 0 Å². The molecule has 0 aromatic heterocycles. The summed E-state index contributed by atoms with van der Waals surface area (Å²) in [6.07, 6.45) is 1.53. The van der Waals surface area contributed by atoms with Crippen molar-refractivity contribution in [2.45, 2.75) is 39.7 Å². The van der Waals surface area contributed by atoms with E-state index >= 15 is 0 Å². The molecule has 7 nitrogen and oxygen atoms in total. The summed E-state index contributed by atoms with van der Waals surface area (Å²) < 4.78 is 10.9. The minimum Gasteiger partial charge on any atom is -0.507 e. The highest BCUT2D eigenvalue weighted by Crippen LogP contribution is 2.42. The van der Waals surface area contributed by atoms with E-state index in [9.17, 15) is 19.5 Å². The number of Topliss-reactive ketones (excluding diaryl/α,β-unsaturated/α-hetero) is 1. The van der Waals surface area contributed by atoms with Crippen LogP contribution in [0.1, 0.15) is 59.8 Å². The molecule has 1 aliphatic heterocycles. The fraction of sp³-hybridized carbons (Fsp3) is 0.258. The van der Waals surface area contributed by atoms with Crippen molar-refractivity contribution in [1.29, 1.82) is 0 Å². The van der Waals surface area contributed by atoms with Gasteiger partial charge < -0.3 is 14.6 Å². The van der Waals surface area contributed by atoms with Crippen LogP contribution in [0, 0.1) is 6.92 Å². The van der Waals surface area contributed by atoms with Gasteiger partial charge in [0.15, 0.2) is 0 Å². The zero-order chi connectivity index (χ0) is 27.2. The number of aliphatic hydroxyl groups excluding tert-OH is 1. The standard InChI is InChI=1S/C31H31NO6/c1-4-16-37-25-11-7-10-23(19-25)28(33)26-27(22-9-6-8-20(3)18-22)32(30(35)29(26)34)24-14-12-21(13-15-24)31(36)38-17-5-2/h6-15,18-19,27,33H,4-5,16-17H2,1-3H3/b28-26+. The van der Waals surface area contributed by atoms with Gasteiger partial charge in [-0.05, 0) is 61.7 Å². The summed E-state index contributed by atoms with van der Waals surface area (Å²) >= 11 is 0. The molecule has 38 heavy (non-hydrogen) atoms. The molecule has 3 aromatic rings. The monoisotopic (exact) mass is 513 g/mol. The van der Waals surface area contributed by atoms with E-state index < -0.39 is 23.7 Å². The van der Waals surface area contributed by atoms with E-state index in [1.165, 1.54) is 4.90 Å². The van der Waals surface area contributed by atoms with Crippen molar-refractivity contribution in [3.8, 4) is 5.75 Å². The number of hydrogen-bond donors (Lipinski definition) is 1. The van der Waals surface area contributed by atoms with Crippen LogP contribution < -0.4 is 9.64 Å². The van der Waals surface area contributed by atoms with Gasteiger partial charge in [-0.3, -0.25) is 14.5 Å². The second-order valence-corrected chi connectivity index (χ2v) is 9.14. The third-order valence-corrected chi connectivity index (χ3v) is 6.20. The number of rotatable bonds is 9. The Morgan fingerprint density at radius 1 is 0.895 bits per heavy atom. The summed E-state index contributed by atoms with van der Waals surface area (Å²) in [7, 11) is 0. The van der Waals surface area contributed by atoms with E-state index in [-0.39, 0.29) is 11.3 Å². The molecule has 1 atom stereocenters. The largest absolute Gasteiger partial charge is 0.507 e. The van der Waals surface area contributed by atoms with Gasteiger partial charge in [-0.15, -0.1) is 0 Å². The quantitative estimate of drug-likeness (QED) is 0.164. The number of carbonyl (C=O) groups is 3. The van der Waals surface area contributed by atoms with Gasteiger partial charge in [-0.25, -0.2) is 4.79 Å². The Kier molecular flexibility index (Phi) is 8.26. The molecule has 196 valence electrons. The second-order valence-electron chi connectivity index (χ2n) is 9.14. The molecule has 4 rings (SSSR count). The molecule has 0 bridgehead atoms. The zero-order valence-electron chi connectivity index (χ0n) is 21.8. The van der Waals surface area contributed by atoms with Crippen molar-refractivity contribution < 1.29 is 29.0 Å². The predicted molar refractivity (Wildman–Crippen MR) is 145 cm³/mol. The first-order valence-electron chi connectivity index (χ1n) is 12.7. The number of carbonyl (C=O) groups excluding carboxylic acids is 3. The van der Waals surface area contributed by atoms with Gasteiger partial charge in [0.2, 0.25) is 0 Å². The Bertz CT molecular complexity index is 1380. The minimum absolute atomic E-state index is 0.0142. The number of benzene rings is 3. The van der Waals surface area contributed by atoms with Crippen LogP contribution in [0.25, 0.3) is 5.76 Å². The average Bonchev–Trinajstić information content (AvgIpc) is 3.20. The van der Waals surface area contributed by atoms with Gasteiger partial charge >= 0.3 is 5.97 Å². The first-order chi connectivity index (χ1) is 18.3. The molecule has 0 spiro atoms. The maximum absolute atomic E-state index is 13.4. The molecule has 1 saturated heterocycles. The summed E-state index contributed by atoms with van der Waals surface area (Å²) in [5, 5.41) is 11.4. The number of ketones is 1. The summed E-state index contributed by atoms with van der Waals surface area (Å²) in [6.45, 7) is 6.65. The number of hydrogen-bond acceptors (Lipinski definition) is 6. The highest BCUT2D eigenvalue weighted by molar-refractivity contribution is 6.51. The molecule has 1 aliphatic rings. The molecule has 0 saturated carbocycles. The van der Waals surface area contributed by atoms with E-state index in [1.54, 1.807) is 48.5 Å². The van der Waals surface area contributed by atoms with Crippen molar-refractivity contribution in [1.82, 2.24) is 0 Å². The first kappa shape index (κ1) is 26.7. The number of aryl methyl sites for hydroxylation is 1. The Morgan fingerprint density at radius 2 is 1.61 bits per heavy atom. The topological polar surface area (TPSA) is 93.1 Å². The lowest BCUT2D eigenvalue weighted by Gasteiger charge is -2.26. The van der Waals surface area contributed by atoms with Crippen molar-refractivity contribution in [2.75, 3.05) is 18.1 Å². The number of ether oxygens (including phenoxy) is 2. The van der Waals surface area contributed by atoms with E-state index in [2.05, 4.69) is 0 Å². The highest BCUT2D eigenvalue weighted by atomic mass is 16.5. The van der Waals surface area contributed by atoms with E-state index in [4.69, 9.17) is 9.47 Å². The smallest absolute Gasteiger partial charge is 0.338 e. The molecule has 3 aromatic carbocycles. The second kappa shape index (κ2) is 11.8. The molecule has 1 N–H and O–H groups in total. The number of nitrogens with zero attached hydrogens (tertiary/aromatic N) is 1. The molecule has 0 radical (unpaired) electrons. The van der Waals surface area contributed by atoms with E-state index in [1.807, 2.05) is 45.0 Å². The fourth-order valence-corrected chi connectivity index (χ4v) is 4.40. The Hall–Kier alpha value is -4.39. The zero-order valence-corrected chi connectivity index (χ0v) is 21.8. The van der Waals surface area contributed by atoms with Gasteiger partial charge in [-0.1, -0.05) is 55.8 Å². The number of aliphatic hydroxyl groups is 1. The van der Waals surface area contributed by atoms with Crippen LogP contribution in [-0.2, 0) is 14.3 Å². The number of amides is 1. The summed E-state index contributed by atoms with van der Waals surface area (Å²) in [6, 6.07) is 19.8. The van der Waals surface area contributed by atoms with Crippen LogP contribution in [0.2, 0.25) is 0 Å². The molecular weight excluding hydrogens is 482 g/mol. The lowest BCUT2D eigenvalue weighted by Crippen LogP contribution is -2.29. The van der Waals surface area contributed by atoms with Crippen molar-refractivity contribution in [3.63, 3.8) is 0 Å². The van der Waals surface area contributed by atoms with Crippen molar-refractivity contribution >= 4 is 29.1 Å². The van der Waals surface area contributed by atoms with Gasteiger partial charge in [0, 0.05) is 11.3 Å². The number of anilines is 1. The molecule has 0 aliphatic carbocycles. The van der Waals surface area contributed by atoms with Gasteiger partial charge in [0.05, 0.1) is 30.4 Å². The lowest BCUT2D eigenvalue weighted by molar-refractivity contribution is -0.132. The van der Waals surface area contributed by atoms with Crippen LogP contribution in [0.4, 0.5) is 5.69 Å². The van der Waals surface area contributed by atoms with Crippen LogP contribution in [0.5, 0.6) is 5.75 Å². The van der Waals surface area contributed by atoms with Crippen LogP contribution in [0.15, 0.2) is 78.4 Å². The predicted octanol–water partition coefficient (Wildman–Crippen LogP) is 5.98. The highest BCUT2D eigenvalue weighted by Gasteiger charge is 2.47. The first-order valence-corrected chi connectivity index (χ1v) is 12.7. The third-order valence-electron chi connectivity index (χ3n) is 6.20. The fourth-order valence-electron chi connectivity index (χ4n) is 4.40. The third kappa shape index (κ3) is 5.47. The van der Waals surface area contributed by atoms with E-state index in [0.29, 0.717) is 47.8 Å². The maximum atomic E-state index is 13.4. The molecule has 1 unspecified atom stereocenters. The van der Waals surface area contributed by atoms with Crippen LogP contribution in [-0.4, -0.2) is 36.0 Å². The van der Waals surface area contributed by atoms with Crippen molar-refractivity contribution in [3.05, 3.63) is 101 Å².